The molecule has 4 aromatic heterocycles. The molecule has 2 aliphatic heterocycles. The zero-order valence-corrected chi connectivity index (χ0v) is 33.9. The number of hydrogen-bond acceptors (Lipinski definition) is 13. The molecule has 3 N–H and O–H groups in total. The number of azide groups is 1. The van der Waals surface area contributed by atoms with E-state index in [9.17, 15) is 14.5 Å². The van der Waals surface area contributed by atoms with Crippen molar-refractivity contribution in [1.29, 1.82) is 0 Å². The molecule has 0 saturated heterocycles. The van der Waals surface area contributed by atoms with Crippen LogP contribution in [0.5, 0.6) is 34.5 Å². The number of benzene rings is 4. The van der Waals surface area contributed by atoms with Gasteiger partial charge in [-0.05, 0) is 90.5 Å². The molecular formula is C47H43N8O9P. The standard InChI is InChI=1S/C17H12N2O4.C16H13N3O2.C12H10N3O3P.2CH4/c20-17(21)11-8-14(19-13-3-4-18-9-12(11)13)10-1-2-15-16(7-10)23-6-5-22-15;17-12-8-14(19-13-3-4-18-9-11(12)13)10-1-2-15-16(7-10)21-6-5-20-15;13-14-15-19(16,17-11-7-3-1-4-8-11)18-12-9-5-2-6-10-12;;/h1-4,7-9H,5-6H2,(H,20,21);1-4,7-9H,5-6H2,(H2,17,19);1-10H;2*1H4. The number of rotatable bonds is 8. The molecule has 10 rings (SSSR count). The zero-order valence-electron chi connectivity index (χ0n) is 33.1. The van der Waals surface area contributed by atoms with Crippen molar-refractivity contribution in [2.24, 2.45) is 4.88 Å². The van der Waals surface area contributed by atoms with E-state index in [1.807, 2.05) is 48.5 Å². The molecule has 0 amide bonds. The molecule has 0 spiro atoms. The van der Waals surface area contributed by atoms with E-state index < -0.39 is 13.7 Å². The molecular weight excluding hydrogens is 852 g/mol. The van der Waals surface area contributed by atoms with Gasteiger partial charge in [-0.25, -0.2) is 19.3 Å². The molecule has 2 aliphatic rings. The summed E-state index contributed by atoms with van der Waals surface area (Å²) in [6.45, 7) is 2.17. The smallest absolute Gasteiger partial charge is 0.486 e. The van der Waals surface area contributed by atoms with Crippen LogP contribution in [0, 0.1) is 0 Å². The number of nitrogen functional groups attached to an aromatic ring is 1. The van der Waals surface area contributed by atoms with Crippen molar-refractivity contribution >= 4 is 41.2 Å². The summed E-state index contributed by atoms with van der Waals surface area (Å²) in [5, 5.41) is 10.8. The maximum atomic E-state index is 12.3. The Morgan fingerprint density at radius 1 is 0.646 bits per heavy atom. The Hall–Kier alpha value is -8.39. The van der Waals surface area contributed by atoms with E-state index in [1.54, 1.807) is 91.4 Å². The van der Waals surface area contributed by atoms with Gasteiger partial charge in [0, 0.05) is 62.2 Å². The quantitative estimate of drug-likeness (QED) is 0.0625. The predicted octanol–water partition coefficient (Wildman–Crippen LogP) is 11.3. The lowest BCUT2D eigenvalue weighted by Gasteiger charge is -2.19. The summed E-state index contributed by atoms with van der Waals surface area (Å²) in [4.78, 5) is 34.4. The van der Waals surface area contributed by atoms with Gasteiger partial charge in [-0.15, -0.1) is 0 Å². The molecule has 0 bridgehead atoms. The summed E-state index contributed by atoms with van der Waals surface area (Å²) in [6.07, 6.45) is 6.54. The summed E-state index contributed by atoms with van der Waals surface area (Å²) in [6, 6.07) is 35.0. The molecule has 0 saturated carbocycles. The van der Waals surface area contributed by atoms with Gasteiger partial charge in [-0.3, -0.25) is 9.97 Å². The number of aromatic nitrogens is 4. The van der Waals surface area contributed by atoms with Crippen molar-refractivity contribution in [3.8, 4) is 57.0 Å². The van der Waals surface area contributed by atoms with E-state index in [1.165, 1.54) is 6.20 Å². The van der Waals surface area contributed by atoms with E-state index >= 15 is 0 Å². The minimum Gasteiger partial charge on any atom is -0.486 e. The Morgan fingerprint density at radius 2 is 1.11 bits per heavy atom. The van der Waals surface area contributed by atoms with Crippen molar-refractivity contribution in [1.82, 2.24) is 19.9 Å². The van der Waals surface area contributed by atoms with E-state index in [-0.39, 0.29) is 20.4 Å². The van der Waals surface area contributed by atoms with Crippen LogP contribution in [0.4, 0.5) is 5.69 Å². The third kappa shape index (κ3) is 11.2. The van der Waals surface area contributed by atoms with Crippen molar-refractivity contribution in [2.45, 2.75) is 14.9 Å². The van der Waals surface area contributed by atoms with Crippen LogP contribution >= 0.6 is 7.75 Å². The number of fused-ring (bicyclic) bond motifs is 4. The highest BCUT2D eigenvalue weighted by atomic mass is 31.2. The summed E-state index contributed by atoms with van der Waals surface area (Å²) >= 11 is 0. The first-order chi connectivity index (χ1) is 30.7. The Balaban J connectivity index is 0.000000160. The van der Waals surface area contributed by atoms with Crippen LogP contribution in [-0.4, -0.2) is 57.4 Å². The Bertz CT molecular complexity index is 2990. The lowest BCUT2D eigenvalue weighted by atomic mass is 10.0. The highest BCUT2D eigenvalue weighted by molar-refractivity contribution is 7.53. The number of carboxylic acid groups (broad SMARTS) is 1. The molecule has 8 aromatic rings. The van der Waals surface area contributed by atoms with Crippen LogP contribution < -0.4 is 33.7 Å². The first-order valence-electron chi connectivity index (χ1n) is 19.2. The van der Waals surface area contributed by atoms with Gasteiger partial charge < -0.3 is 38.8 Å². The maximum absolute atomic E-state index is 12.3. The SMILES string of the molecule is C.C.Nc1cc(-c2ccc3c(c2)OCCO3)nc2ccncc12.O=C(O)c1cc(-c2ccc3c(c2)OCCO3)nc2ccncc12.[N-]=[N+]=NP(=O)(Oc1ccccc1)Oc1ccccc1. The number of ether oxygens (including phenoxy) is 4. The van der Waals surface area contributed by atoms with E-state index in [0.29, 0.717) is 71.7 Å². The molecule has 65 heavy (non-hydrogen) atoms. The number of pyridine rings is 4. The van der Waals surface area contributed by atoms with Crippen molar-refractivity contribution in [3.63, 3.8) is 0 Å². The van der Waals surface area contributed by atoms with Gasteiger partial charge in [0.25, 0.3) is 0 Å². The normalized spacial score (nSPS) is 11.9. The van der Waals surface area contributed by atoms with Crippen LogP contribution in [0.3, 0.4) is 0 Å². The van der Waals surface area contributed by atoms with Crippen molar-refractivity contribution < 1.29 is 42.5 Å². The fourth-order valence-corrected chi connectivity index (χ4v) is 7.36. The summed E-state index contributed by atoms with van der Waals surface area (Å²) in [7, 11) is -3.95. The molecule has 0 radical (unpaired) electrons. The Morgan fingerprint density at radius 3 is 1.60 bits per heavy atom. The lowest BCUT2D eigenvalue weighted by molar-refractivity contribution is 0.0699. The maximum Gasteiger partial charge on any atom is 0.525 e. The molecule has 330 valence electrons. The molecule has 0 fully saturated rings. The third-order valence-corrected chi connectivity index (χ3v) is 10.4. The average molecular weight is 895 g/mol. The predicted molar refractivity (Wildman–Crippen MR) is 248 cm³/mol. The van der Waals surface area contributed by atoms with Gasteiger partial charge in [0.2, 0.25) is 0 Å². The second-order valence-electron chi connectivity index (χ2n) is 13.4. The molecule has 0 atom stereocenters. The summed E-state index contributed by atoms with van der Waals surface area (Å²) in [5.74, 6) is 2.43. The minimum absolute atomic E-state index is 0. The topological polar surface area (TPSA) is 236 Å². The molecule has 0 unspecified atom stereocenters. The molecule has 6 heterocycles. The van der Waals surface area contributed by atoms with Crippen molar-refractivity contribution in [2.75, 3.05) is 32.2 Å². The number of nitrogens with two attached hydrogens (primary N) is 1. The van der Waals surface area contributed by atoms with Crippen LogP contribution in [0.25, 0.3) is 54.8 Å². The van der Waals surface area contributed by atoms with Gasteiger partial charge in [0.05, 0.1) is 28.0 Å². The summed E-state index contributed by atoms with van der Waals surface area (Å²) in [5.41, 5.74) is 19.9. The van der Waals surface area contributed by atoms with Gasteiger partial charge in [0.1, 0.15) is 37.9 Å². The summed E-state index contributed by atoms with van der Waals surface area (Å²) < 4.78 is 44.8. The van der Waals surface area contributed by atoms with Crippen LogP contribution in [-0.2, 0) is 4.57 Å². The largest absolute Gasteiger partial charge is 0.525 e. The fourth-order valence-electron chi connectivity index (χ4n) is 6.37. The number of para-hydroxylation sites is 2. The number of carbonyl (C=O) groups is 1. The number of nitrogens with zero attached hydrogens (tertiary/aromatic N) is 7. The molecule has 4 aromatic carbocycles. The molecule has 18 heteroatoms. The second-order valence-corrected chi connectivity index (χ2v) is 14.9. The number of hydrogen-bond donors (Lipinski definition) is 2. The van der Waals surface area contributed by atoms with Gasteiger partial charge >= 0.3 is 13.7 Å². The van der Waals surface area contributed by atoms with Crippen LogP contribution in [0.1, 0.15) is 25.2 Å². The first-order valence-corrected chi connectivity index (χ1v) is 20.7. The highest BCUT2D eigenvalue weighted by Gasteiger charge is 2.27. The van der Waals surface area contributed by atoms with Crippen LogP contribution in [0.2, 0.25) is 0 Å². The first kappa shape index (κ1) is 46.1. The van der Waals surface area contributed by atoms with Gasteiger partial charge in [0.15, 0.2) is 23.0 Å². The van der Waals surface area contributed by atoms with Crippen LogP contribution in [0.15, 0.2) is 151 Å². The monoisotopic (exact) mass is 894 g/mol. The zero-order chi connectivity index (χ0) is 43.6. The van der Waals surface area contributed by atoms with E-state index in [2.05, 4.69) is 29.7 Å². The van der Waals surface area contributed by atoms with Gasteiger partial charge in [-0.2, -0.15) is 0 Å². The van der Waals surface area contributed by atoms with E-state index in [4.69, 9.17) is 39.3 Å². The number of carboxylic acids is 1. The number of anilines is 1. The number of aromatic carboxylic acids is 1. The van der Waals surface area contributed by atoms with E-state index in [0.717, 1.165) is 39.2 Å². The third-order valence-electron chi connectivity index (χ3n) is 9.24. The average Bonchev–Trinajstić information content (AvgIpc) is 3.32. The molecule has 0 aliphatic carbocycles. The molecule has 17 nitrogen and oxygen atoms in total. The lowest BCUT2D eigenvalue weighted by Crippen LogP contribution is -2.15. The minimum atomic E-state index is -3.95. The Kier molecular flexibility index (Phi) is 15.0. The highest BCUT2D eigenvalue weighted by Crippen LogP contribution is 2.50. The fraction of sp³-hybridized carbons (Fsp3) is 0.128. The Labute approximate surface area is 373 Å². The van der Waals surface area contributed by atoms with Crippen molar-refractivity contribution in [3.05, 3.63) is 162 Å². The second kappa shape index (κ2) is 21.1. The van der Waals surface area contributed by atoms with Gasteiger partial charge in [-0.1, -0.05) is 51.3 Å².